The van der Waals surface area contributed by atoms with E-state index in [-0.39, 0.29) is 0 Å². The molecule has 1 unspecified atom stereocenters. The first-order valence-corrected chi connectivity index (χ1v) is 22.0. The highest BCUT2D eigenvalue weighted by Crippen LogP contribution is 2.64. The van der Waals surface area contributed by atoms with Crippen LogP contribution in [0.15, 0.2) is 247 Å². The molecule has 0 aliphatic heterocycles. The van der Waals surface area contributed by atoms with E-state index >= 15 is 0 Å². The van der Waals surface area contributed by atoms with Gasteiger partial charge in [-0.1, -0.05) is 164 Å². The molecule has 1 heterocycles. The van der Waals surface area contributed by atoms with Gasteiger partial charge in [0, 0.05) is 33.8 Å². The molecule has 64 heavy (non-hydrogen) atoms. The molecule has 10 aromatic carbocycles. The maximum atomic E-state index is 6.53. The Hall–Kier alpha value is -8.40. The fraction of sp³-hybridized carbons (Fsp3) is 0.0164. The van der Waals surface area contributed by atoms with Crippen molar-refractivity contribution < 1.29 is 4.42 Å². The second kappa shape index (κ2) is 14.3. The van der Waals surface area contributed by atoms with E-state index in [1.54, 1.807) is 0 Å². The smallest absolute Gasteiger partial charge is 0.137 e. The lowest BCUT2D eigenvalue weighted by molar-refractivity contribution is 0.669. The number of fused-ring (bicyclic) bond motifs is 13. The van der Waals surface area contributed by atoms with E-state index in [0.29, 0.717) is 0 Å². The molecule has 0 radical (unpaired) electrons. The molecule has 0 amide bonds. The van der Waals surface area contributed by atoms with Crippen molar-refractivity contribution in [2.24, 2.45) is 0 Å². The summed E-state index contributed by atoms with van der Waals surface area (Å²) in [6.07, 6.45) is 0. The highest BCUT2D eigenvalue weighted by atomic mass is 16.3. The normalized spacial score (nSPS) is 14.3. The average molecular weight is 817 g/mol. The molecule has 3 heteroatoms. The van der Waals surface area contributed by atoms with Crippen molar-refractivity contribution in [2.75, 3.05) is 9.80 Å². The van der Waals surface area contributed by atoms with Crippen LogP contribution in [-0.2, 0) is 5.41 Å². The van der Waals surface area contributed by atoms with Crippen molar-refractivity contribution in [1.82, 2.24) is 0 Å². The fourth-order valence-corrected chi connectivity index (χ4v) is 10.8. The Balaban J connectivity index is 1.07. The lowest BCUT2D eigenvalue weighted by Gasteiger charge is -2.33. The second-order valence-corrected chi connectivity index (χ2v) is 16.8. The van der Waals surface area contributed by atoms with Crippen molar-refractivity contribution >= 4 is 56.1 Å². The third kappa shape index (κ3) is 5.34. The van der Waals surface area contributed by atoms with E-state index in [2.05, 4.69) is 246 Å². The Morgan fingerprint density at radius 3 is 1.38 bits per heavy atom. The van der Waals surface area contributed by atoms with Crippen LogP contribution in [0.1, 0.15) is 22.3 Å². The predicted octanol–water partition coefficient (Wildman–Crippen LogP) is 16.5. The largest absolute Gasteiger partial charge is 0.456 e. The highest BCUT2D eigenvalue weighted by molar-refractivity contribution is 6.13. The van der Waals surface area contributed by atoms with Crippen LogP contribution in [0.5, 0.6) is 0 Å². The Bertz CT molecular complexity index is 3510. The molecule has 1 atom stereocenters. The maximum Gasteiger partial charge on any atom is 0.137 e. The van der Waals surface area contributed by atoms with Crippen molar-refractivity contribution in [3.63, 3.8) is 0 Å². The van der Waals surface area contributed by atoms with Gasteiger partial charge < -0.3 is 14.2 Å². The van der Waals surface area contributed by atoms with Gasteiger partial charge in [-0.2, -0.15) is 0 Å². The Kier molecular flexibility index (Phi) is 8.13. The summed E-state index contributed by atoms with van der Waals surface area (Å²) in [5, 5.41) is 2.18. The molecule has 0 saturated heterocycles. The first kappa shape index (κ1) is 36.3. The number of anilines is 6. The predicted molar refractivity (Wildman–Crippen MR) is 265 cm³/mol. The fourth-order valence-electron chi connectivity index (χ4n) is 10.8. The summed E-state index contributed by atoms with van der Waals surface area (Å²) in [4.78, 5) is 4.81. The number of para-hydroxylation sites is 3. The topological polar surface area (TPSA) is 19.6 Å². The van der Waals surface area contributed by atoms with Gasteiger partial charge in [0.1, 0.15) is 11.2 Å². The minimum Gasteiger partial charge on any atom is -0.456 e. The highest BCUT2D eigenvalue weighted by Gasteiger charge is 2.52. The first-order valence-electron chi connectivity index (χ1n) is 22.0. The molecule has 0 saturated carbocycles. The van der Waals surface area contributed by atoms with E-state index in [9.17, 15) is 0 Å². The molecular formula is C61H40N2O. The summed E-state index contributed by atoms with van der Waals surface area (Å²) in [7, 11) is 0. The van der Waals surface area contributed by atoms with Gasteiger partial charge in [0.25, 0.3) is 0 Å². The van der Waals surface area contributed by atoms with Crippen LogP contribution < -0.4 is 9.80 Å². The lowest BCUT2D eigenvalue weighted by atomic mass is 9.70. The Morgan fingerprint density at radius 2 is 0.750 bits per heavy atom. The number of rotatable bonds is 7. The molecule has 2 aliphatic rings. The van der Waals surface area contributed by atoms with E-state index in [1.807, 2.05) is 6.07 Å². The molecule has 0 N–H and O–H groups in total. The second-order valence-electron chi connectivity index (χ2n) is 16.8. The van der Waals surface area contributed by atoms with Gasteiger partial charge in [0.05, 0.1) is 16.5 Å². The molecule has 13 rings (SSSR count). The van der Waals surface area contributed by atoms with E-state index in [1.165, 1.54) is 55.6 Å². The summed E-state index contributed by atoms with van der Waals surface area (Å²) >= 11 is 0. The van der Waals surface area contributed by atoms with Crippen LogP contribution in [0.3, 0.4) is 0 Å². The van der Waals surface area contributed by atoms with Gasteiger partial charge in [-0.3, -0.25) is 0 Å². The molecule has 0 bridgehead atoms. The SMILES string of the molecule is c1ccc(-c2ccc(N(c3ccc4c(c3)C3(c5ccccc5-c5ccc(N(c6ccccc6)c6ccccc6)cc53)c3ccccc3-4)c3cccc4oc5ccccc5c34)cc2)cc1. The summed E-state index contributed by atoms with van der Waals surface area (Å²) in [5.74, 6) is 0. The molecular weight excluding hydrogens is 777 g/mol. The lowest BCUT2D eigenvalue weighted by Crippen LogP contribution is -2.26. The zero-order chi connectivity index (χ0) is 42.2. The van der Waals surface area contributed by atoms with Gasteiger partial charge in [0.15, 0.2) is 0 Å². The van der Waals surface area contributed by atoms with Gasteiger partial charge in [-0.05, 0) is 134 Å². The summed E-state index contributed by atoms with van der Waals surface area (Å²) in [5.41, 5.74) is 20.3. The molecule has 300 valence electrons. The number of hydrogen-bond donors (Lipinski definition) is 0. The molecule has 2 aliphatic carbocycles. The van der Waals surface area contributed by atoms with E-state index in [4.69, 9.17) is 4.42 Å². The van der Waals surface area contributed by atoms with Crippen LogP contribution in [0.25, 0.3) is 55.3 Å². The number of nitrogens with zero attached hydrogens (tertiary/aromatic N) is 2. The number of furan rings is 1. The minimum atomic E-state index is -0.583. The summed E-state index contributed by atoms with van der Waals surface area (Å²) < 4.78 is 6.53. The third-order valence-electron chi connectivity index (χ3n) is 13.5. The molecule has 0 fully saturated rings. The van der Waals surface area contributed by atoms with E-state index < -0.39 is 5.41 Å². The van der Waals surface area contributed by atoms with Gasteiger partial charge >= 0.3 is 0 Å². The number of benzene rings is 10. The summed E-state index contributed by atoms with van der Waals surface area (Å²) in [6.45, 7) is 0. The molecule has 11 aromatic rings. The van der Waals surface area contributed by atoms with Crippen molar-refractivity contribution in [3.8, 4) is 33.4 Å². The minimum absolute atomic E-state index is 0.583. The van der Waals surface area contributed by atoms with Gasteiger partial charge in [0.2, 0.25) is 0 Å². The maximum absolute atomic E-state index is 6.53. The van der Waals surface area contributed by atoms with E-state index in [0.717, 1.165) is 56.1 Å². The average Bonchev–Trinajstić information content (AvgIpc) is 4.00. The van der Waals surface area contributed by atoms with Gasteiger partial charge in [-0.15, -0.1) is 0 Å². The van der Waals surface area contributed by atoms with Crippen LogP contribution in [0.4, 0.5) is 34.1 Å². The third-order valence-corrected chi connectivity index (χ3v) is 13.5. The quantitative estimate of drug-likeness (QED) is 0.160. The van der Waals surface area contributed by atoms with Crippen LogP contribution in [0, 0.1) is 0 Å². The first-order chi connectivity index (χ1) is 31.8. The van der Waals surface area contributed by atoms with Crippen molar-refractivity contribution in [2.45, 2.75) is 5.41 Å². The standard InChI is InChI=1S/C61H40N2O/c1-4-17-41(18-5-1)42-31-33-45(34-32-42)63(57-28-16-30-59-60(57)52-25-12-15-29-58(52)64-59)47-36-38-51-49-24-11-14-27-54(49)61(56(51)40-47)53-26-13-10-23-48(53)50-37-35-46(39-55(50)61)62(43-19-6-2-7-20-43)44-21-8-3-9-22-44/h1-40H. The molecule has 3 nitrogen and oxygen atoms in total. The molecule has 1 aromatic heterocycles. The van der Waals surface area contributed by atoms with Crippen LogP contribution in [0.2, 0.25) is 0 Å². The molecule has 1 spiro atoms. The zero-order valence-electron chi connectivity index (χ0n) is 34.9. The van der Waals surface area contributed by atoms with Crippen molar-refractivity contribution in [3.05, 3.63) is 265 Å². The van der Waals surface area contributed by atoms with Gasteiger partial charge in [-0.25, -0.2) is 0 Å². The number of hydrogen-bond acceptors (Lipinski definition) is 3. The zero-order valence-corrected chi connectivity index (χ0v) is 34.9. The van der Waals surface area contributed by atoms with Crippen molar-refractivity contribution in [1.29, 1.82) is 0 Å². The summed E-state index contributed by atoms with van der Waals surface area (Å²) in [6, 6.07) is 88.3. The monoisotopic (exact) mass is 816 g/mol. The Morgan fingerprint density at radius 1 is 0.297 bits per heavy atom. The Labute approximate surface area is 372 Å². The van der Waals surface area contributed by atoms with Crippen LogP contribution >= 0.6 is 0 Å². The van der Waals surface area contributed by atoms with Crippen LogP contribution in [-0.4, -0.2) is 0 Å².